The average molecular weight is 423 g/mol. The highest BCUT2D eigenvalue weighted by molar-refractivity contribution is 9.10. The van der Waals surface area contributed by atoms with Crippen LogP contribution in [0.5, 0.6) is 5.75 Å². The lowest BCUT2D eigenvalue weighted by Crippen LogP contribution is -2.11. The second kappa shape index (κ2) is 7.25. The number of carbonyl (C=O) groups excluding carboxylic acids is 1. The average Bonchev–Trinajstić information content (AvgIpc) is 3.11. The van der Waals surface area contributed by atoms with Gasteiger partial charge in [-0.3, -0.25) is 4.79 Å². The van der Waals surface area contributed by atoms with Crippen LogP contribution in [0.15, 0.2) is 75.6 Å². The number of halogens is 1. The minimum Gasteiger partial charge on any atom is -0.497 e. The van der Waals surface area contributed by atoms with Gasteiger partial charge in [-0.2, -0.15) is 0 Å². The van der Waals surface area contributed by atoms with Crippen LogP contribution in [0.1, 0.15) is 10.4 Å². The van der Waals surface area contributed by atoms with Gasteiger partial charge in [0.15, 0.2) is 5.58 Å². The first-order chi connectivity index (χ1) is 13.1. The van der Waals surface area contributed by atoms with E-state index in [1.165, 1.54) is 0 Å². The van der Waals surface area contributed by atoms with Crippen LogP contribution in [0.4, 0.5) is 5.69 Å². The molecule has 1 amide bonds. The fourth-order valence-corrected chi connectivity index (χ4v) is 3.09. The summed E-state index contributed by atoms with van der Waals surface area (Å²) in [5.74, 6) is 1.10. The predicted octanol–water partition coefficient (Wildman–Crippen LogP) is 5.52. The molecular weight excluding hydrogens is 408 g/mol. The molecule has 0 radical (unpaired) electrons. The Labute approximate surface area is 164 Å². The van der Waals surface area contributed by atoms with E-state index in [1.807, 2.05) is 36.4 Å². The number of anilines is 1. The molecule has 4 rings (SSSR count). The first kappa shape index (κ1) is 17.3. The molecule has 0 atom stereocenters. The van der Waals surface area contributed by atoms with E-state index in [4.69, 9.17) is 9.15 Å². The molecule has 0 aliphatic rings. The zero-order valence-corrected chi connectivity index (χ0v) is 16.0. The number of amides is 1. The van der Waals surface area contributed by atoms with Gasteiger partial charge in [0.25, 0.3) is 5.91 Å². The normalized spacial score (nSPS) is 10.7. The van der Waals surface area contributed by atoms with Crippen molar-refractivity contribution in [2.45, 2.75) is 0 Å². The van der Waals surface area contributed by atoms with Crippen molar-refractivity contribution < 1.29 is 13.9 Å². The Kier molecular flexibility index (Phi) is 4.64. The fourth-order valence-electron chi connectivity index (χ4n) is 2.70. The van der Waals surface area contributed by atoms with Crippen molar-refractivity contribution >= 4 is 38.6 Å². The van der Waals surface area contributed by atoms with Gasteiger partial charge in [0.1, 0.15) is 11.3 Å². The smallest absolute Gasteiger partial charge is 0.255 e. The maximum Gasteiger partial charge on any atom is 0.255 e. The highest BCUT2D eigenvalue weighted by Crippen LogP contribution is 2.27. The molecule has 0 unspecified atom stereocenters. The molecule has 0 aliphatic heterocycles. The summed E-state index contributed by atoms with van der Waals surface area (Å²) >= 11 is 3.37. The van der Waals surface area contributed by atoms with Crippen molar-refractivity contribution in [3.05, 3.63) is 76.8 Å². The van der Waals surface area contributed by atoms with E-state index in [-0.39, 0.29) is 5.91 Å². The molecule has 4 aromatic rings. The highest BCUT2D eigenvalue weighted by atomic mass is 79.9. The molecule has 0 bridgehead atoms. The Bertz CT molecular complexity index is 1120. The van der Waals surface area contributed by atoms with Gasteiger partial charge >= 0.3 is 0 Å². The second-order valence-corrected chi connectivity index (χ2v) is 6.81. The first-order valence-electron chi connectivity index (χ1n) is 8.24. The third-order valence-electron chi connectivity index (χ3n) is 4.07. The molecule has 0 saturated heterocycles. The van der Waals surface area contributed by atoms with Crippen molar-refractivity contribution in [2.75, 3.05) is 12.4 Å². The topological polar surface area (TPSA) is 64.4 Å². The Balaban J connectivity index is 1.59. The minimum atomic E-state index is -0.186. The quantitative estimate of drug-likeness (QED) is 0.470. The van der Waals surface area contributed by atoms with Gasteiger partial charge < -0.3 is 14.5 Å². The molecule has 1 N–H and O–H groups in total. The Morgan fingerprint density at radius 3 is 2.63 bits per heavy atom. The molecule has 27 heavy (non-hydrogen) atoms. The van der Waals surface area contributed by atoms with E-state index in [2.05, 4.69) is 26.2 Å². The number of aromatic nitrogens is 1. The lowest BCUT2D eigenvalue weighted by Gasteiger charge is -2.05. The molecular formula is C21H15BrN2O3. The summed E-state index contributed by atoms with van der Waals surface area (Å²) < 4.78 is 11.8. The highest BCUT2D eigenvalue weighted by Gasteiger charge is 2.11. The maximum atomic E-state index is 12.4. The number of nitrogens with one attached hydrogen (secondary N) is 1. The van der Waals surface area contributed by atoms with E-state index in [1.54, 1.807) is 37.4 Å². The van der Waals surface area contributed by atoms with Crippen molar-refractivity contribution in [3.8, 4) is 17.2 Å². The number of rotatable bonds is 4. The van der Waals surface area contributed by atoms with Gasteiger partial charge in [0.2, 0.25) is 5.89 Å². The van der Waals surface area contributed by atoms with E-state index in [0.717, 1.165) is 15.8 Å². The molecule has 6 heteroatoms. The molecule has 0 spiro atoms. The Hall–Kier alpha value is -3.12. The molecule has 1 aromatic heterocycles. The van der Waals surface area contributed by atoms with Gasteiger partial charge in [-0.15, -0.1) is 0 Å². The van der Waals surface area contributed by atoms with Crippen molar-refractivity contribution in [3.63, 3.8) is 0 Å². The van der Waals surface area contributed by atoms with Crippen LogP contribution in [-0.2, 0) is 0 Å². The molecule has 0 fully saturated rings. The number of ether oxygens (including phenoxy) is 1. The van der Waals surface area contributed by atoms with Crippen LogP contribution in [0.3, 0.4) is 0 Å². The summed E-state index contributed by atoms with van der Waals surface area (Å²) in [5.41, 5.74) is 3.41. The van der Waals surface area contributed by atoms with Crippen molar-refractivity contribution in [1.29, 1.82) is 0 Å². The largest absolute Gasteiger partial charge is 0.497 e. The summed E-state index contributed by atoms with van der Waals surface area (Å²) in [6.07, 6.45) is 0. The van der Waals surface area contributed by atoms with E-state index in [0.29, 0.717) is 28.2 Å². The fraction of sp³-hybridized carbons (Fsp3) is 0.0476. The molecule has 5 nitrogen and oxygen atoms in total. The van der Waals surface area contributed by atoms with Crippen LogP contribution in [-0.4, -0.2) is 18.0 Å². The van der Waals surface area contributed by atoms with Crippen LogP contribution in [0.2, 0.25) is 0 Å². The number of hydrogen-bond acceptors (Lipinski definition) is 4. The maximum absolute atomic E-state index is 12.4. The number of benzene rings is 3. The lowest BCUT2D eigenvalue weighted by molar-refractivity contribution is 0.102. The SMILES string of the molecule is COc1ccc(-c2nc3cc(NC(=O)c4cccc(Br)c4)ccc3o2)cc1. The van der Waals surface area contributed by atoms with Gasteiger partial charge in [-0.25, -0.2) is 4.98 Å². The minimum absolute atomic E-state index is 0.186. The van der Waals surface area contributed by atoms with Crippen LogP contribution in [0, 0.1) is 0 Å². The van der Waals surface area contributed by atoms with Gasteiger partial charge in [-0.1, -0.05) is 22.0 Å². The van der Waals surface area contributed by atoms with E-state index >= 15 is 0 Å². The van der Waals surface area contributed by atoms with Crippen molar-refractivity contribution in [1.82, 2.24) is 4.98 Å². The standard InChI is InChI=1S/C21H15BrN2O3/c1-26-17-8-5-13(6-9-17)21-24-18-12-16(7-10-19(18)27-21)23-20(25)14-3-2-4-15(22)11-14/h2-12H,1H3,(H,23,25). The number of methoxy groups -OCH3 is 1. The zero-order valence-electron chi connectivity index (χ0n) is 14.4. The monoisotopic (exact) mass is 422 g/mol. The van der Waals surface area contributed by atoms with Crippen LogP contribution < -0.4 is 10.1 Å². The predicted molar refractivity (Wildman–Crippen MR) is 108 cm³/mol. The first-order valence-corrected chi connectivity index (χ1v) is 9.03. The molecule has 3 aromatic carbocycles. The summed E-state index contributed by atoms with van der Waals surface area (Å²) in [6, 6.07) is 20.1. The number of nitrogens with zero attached hydrogens (tertiary/aromatic N) is 1. The Morgan fingerprint density at radius 1 is 1.07 bits per heavy atom. The molecule has 1 heterocycles. The summed E-state index contributed by atoms with van der Waals surface area (Å²) in [5, 5.41) is 2.88. The van der Waals surface area contributed by atoms with E-state index in [9.17, 15) is 4.79 Å². The molecule has 0 saturated carbocycles. The van der Waals surface area contributed by atoms with Crippen LogP contribution in [0.25, 0.3) is 22.6 Å². The number of carbonyl (C=O) groups is 1. The summed E-state index contributed by atoms with van der Waals surface area (Å²) in [7, 11) is 1.62. The van der Waals surface area contributed by atoms with Gasteiger partial charge in [0.05, 0.1) is 7.11 Å². The van der Waals surface area contributed by atoms with Crippen molar-refractivity contribution in [2.24, 2.45) is 0 Å². The van der Waals surface area contributed by atoms with Gasteiger partial charge in [0, 0.05) is 21.3 Å². The summed E-state index contributed by atoms with van der Waals surface area (Å²) in [6.45, 7) is 0. The third kappa shape index (κ3) is 3.71. The molecule has 134 valence electrons. The Morgan fingerprint density at radius 2 is 1.89 bits per heavy atom. The lowest BCUT2D eigenvalue weighted by atomic mass is 10.2. The number of hydrogen-bond donors (Lipinski definition) is 1. The van der Waals surface area contributed by atoms with Gasteiger partial charge in [-0.05, 0) is 60.7 Å². The van der Waals surface area contributed by atoms with Crippen LogP contribution >= 0.6 is 15.9 Å². The summed E-state index contributed by atoms with van der Waals surface area (Å²) in [4.78, 5) is 16.9. The molecule has 0 aliphatic carbocycles. The number of fused-ring (bicyclic) bond motifs is 1. The number of oxazole rings is 1. The second-order valence-electron chi connectivity index (χ2n) is 5.89. The zero-order chi connectivity index (χ0) is 18.8. The third-order valence-corrected chi connectivity index (χ3v) is 4.56. The van der Waals surface area contributed by atoms with E-state index < -0.39 is 0 Å².